The second-order valence-corrected chi connectivity index (χ2v) is 6.30. The van der Waals surface area contributed by atoms with Crippen LogP contribution in [0.5, 0.6) is 5.75 Å². The van der Waals surface area contributed by atoms with Gasteiger partial charge in [-0.2, -0.15) is 0 Å². The minimum absolute atomic E-state index is 0.221. The molecule has 1 saturated heterocycles. The number of hydrogen-bond donors (Lipinski definition) is 2. The van der Waals surface area contributed by atoms with Gasteiger partial charge in [0.25, 0.3) is 0 Å². The average Bonchev–Trinajstić information content (AvgIpc) is 2.97. The van der Waals surface area contributed by atoms with E-state index < -0.39 is 0 Å². The molecule has 1 aliphatic rings. The number of phenolic OH excluding ortho intramolecular Hbond substituents is 1. The van der Waals surface area contributed by atoms with Gasteiger partial charge in [-0.25, -0.2) is 0 Å². The lowest BCUT2D eigenvalue weighted by Gasteiger charge is -2.26. The molecule has 2 aromatic carbocycles. The minimum Gasteiger partial charge on any atom is -0.507 e. The number of rotatable bonds is 3. The smallest absolute Gasteiger partial charge is 0.128 e. The molecule has 3 N–H and O–H groups in total. The number of hydrogen-bond acceptors (Lipinski definition) is 3. The summed E-state index contributed by atoms with van der Waals surface area (Å²) in [5.74, 6) is 0.986. The van der Waals surface area contributed by atoms with Crippen molar-refractivity contribution in [3.63, 3.8) is 0 Å². The third-order valence-corrected chi connectivity index (χ3v) is 4.93. The van der Waals surface area contributed by atoms with Gasteiger partial charge >= 0.3 is 0 Å². The molecular formula is C18H24N2O. The fraction of sp³-hybridized carbons (Fsp3) is 0.444. The highest BCUT2D eigenvalue weighted by atomic mass is 16.3. The second kappa shape index (κ2) is 5.66. The van der Waals surface area contributed by atoms with Crippen LogP contribution in [0.4, 0.5) is 0 Å². The molecule has 3 nitrogen and oxygen atoms in total. The Balaban J connectivity index is 1.88. The molecule has 0 amide bonds. The first-order valence-corrected chi connectivity index (χ1v) is 7.78. The lowest BCUT2D eigenvalue weighted by Crippen LogP contribution is -2.31. The number of benzene rings is 2. The van der Waals surface area contributed by atoms with Crippen molar-refractivity contribution in [1.29, 1.82) is 0 Å². The highest BCUT2D eigenvalue weighted by Crippen LogP contribution is 2.36. The third-order valence-electron chi connectivity index (χ3n) is 4.93. The lowest BCUT2D eigenvalue weighted by molar-refractivity contribution is 0.244. The first kappa shape index (κ1) is 14.4. The summed E-state index contributed by atoms with van der Waals surface area (Å²) in [6.45, 7) is 6.34. The van der Waals surface area contributed by atoms with E-state index in [1.807, 2.05) is 24.3 Å². The maximum atomic E-state index is 10.6. The van der Waals surface area contributed by atoms with E-state index in [1.165, 1.54) is 0 Å². The number of nitrogens with zero attached hydrogens (tertiary/aromatic N) is 1. The quantitative estimate of drug-likeness (QED) is 0.909. The SMILES string of the molecule is CC(N)C1CCN(C(C)c2ccc3ccccc3c2O)C1. The Hall–Kier alpha value is -1.58. The van der Waals surface area contributed by atoms with E-state index >= 15 is 0 Å². The summed E-state index contributed by atoms with van der Waals surface area (Å²) < 4.78 is 0. The van der Waals surface area contributed by atoms with Crippen LogP contribution in [0.25, 0.3) is 10.8 Å². The molecule has 21 heavy (non-hydrogen) atoms. The largest absolute Gasteiger partial charge is 0.507 e. The van der Waals surface area contributed by atoms with Gasteiger partial charge in [0.1, 0.15) is 5.75 Å². The summed E-state index contributed by atoms with van der Waals surface area (Å²) >= 11 is 0. The molecule has 0 bridgehead atoms. The zero-order chi connectivity index (χ0) is 15.0. The van der Waals surface area contributed by atoms with Crippen LogP contribution < -0.4 is 5.73 Å². The highest BCUT2D eigenvalue weighted by Gasteiger charge is 2.29. The van der Waals surface area contributed by atoms with E-state index in [9.17, 15) is 5.11 Å². The van der Waals surface area contributed by atoms with Gasteiger partial charge in [0, 0.05) is 29.6 Å². The molecule has 1 fully saturated rings. The van der Waals surface area contributed by atoms with Crippen molar-refractivity contribution in [2.45, 2.75) is 32.4 Å². The van der Waals surface area contributed by atoms with Crippen molar-refractivity contribution in [3.8, 4) is 5.75 Å². The van der Waals surface area contributed by atoms with E-state index in [0.29, 0.717) is 11.7 Å². The Morgan fingerprint density at radius 2 is 1.95 bits per heavy atom. The van der Waals surface area contributed by atoms with Gasteiger partial charge in [0.05, 0.1) is 0 Å². The van der Waals surface area contributed by atoms with Gasteiger partial charge in [-0.3, -0.25) is 4.90 Å². The molecule has 1 aliphatic heterocycles. The number of phenols is 1. The Kier molecular flexibility index (Phi) is 3.87. The molecule has 1 heterocycles. The fourth-order valence-corrected chi connectivity index (χ4v) is 3.40. The molecule has 2 aromatic rings. The number of aromatic hydroxyl groups is 1. The van der Waals surface area contributed by atoms with Crippen molar-refractivity contribution in [2.75, 3.05) is 13.1 Å². The normalized spacial score (nSPS) is 22.5. The van der Waals surface area contributed by atoms with E-state index in [1.54, 1.807) is 0 Å². The van der Waals surface area contributed by atoms with Crippen molar-refractivity contribution in [1.82, 2.24) is 4.90 Å². The molecule has 3 atom stereocenters. The fourth-order valence-electron chi connectivity index (χ4n) is 3.40. The Morgan fingerprint density at radius 1 is 1.19 bits per heavy atom. The molecule has 3 unspecified atom stereocenters. The number of nitrogens with two attached hydrogens (primary N) is 1. The van der Waals surface area contributed by atoms with Gasteiger partial charge in [-0.05, 0) is 38.1 Å². The van der Waals surface area contributed by atoms with E-state index in [4.69, 9.17) is 5.73 Å². The summed E-state index contributed by atoms with van der Waals surface area (Å²) in [5.41, 5.74) is 7.04. The first-order chi connectivity index (χ1) is 10.1. The Labute approximate surface area is 126 Å². The Bertz CT molecular complexity index is 638. The van der Waals surface area contributed by atoms with Crippen LogP contribution >= 0.6 is 0 Å². The maximum Gasteiger partial charge on any atom is 0.128 e. The average molecular weight is 284 g/mol. The van der Waals surface area contributed by atoms with Crippen molar-refractivity contribution >= 4 is 10.8 Å². The van der Waals surface area contributed by atoms with Crippen LogP contribution in [0.1, 0.15) is 31.9 Å². The number of fused-ring (bicyclic) bond motifs is 1. The molecule has 3 heteroatoms. The molecule has 112 valence electrons. The van der Waals surface area contributed by atoms with Crippen LogP contribution in [-0.2, 0) is 0 Å². The van der Waals surface area contributed by atoms with E-state index in [-0.39, 0.29) is 12.1 Å². The Morgan fingerprint density at radius 3 is 2.67 bits per heavy atom. The minimum atomic E-state index is 0.221. The van der Waals surface area contributed by atoms with Crippen LogP contribution in [0.3, 0.4) is 0 Å². The molecule has 3 rings (SSSR count). The van der Waals surface area contributed by atoms with Crippen LogP contribution in [-0.4, -0.2) is 29.1 Å². The molecule has 0 radical (unpaired) electrons. The molecule has 0 spiro atoms. The van der Waals surface area contributed by atoms with E-state index in [0.717, 1.165) is 35.8 Å². The third kappa shape index (κ3) is 2.63. The van der Waals surface area contributed by atoms with Crippen molar-refractivity contribution < 1.29 is 5.11 Å². The summed E-state index contributed by atoms with van der Waals surface area (Å²) in [7, 11) is 0. The predicted molar refractivity (Wildman–Crippen MR) is 87.4 cm³/mol. The first-order valence-electron chi connectivity index (χ1n) is 7.78. The van der Waals surface area contributed by atoms with Crippen molar-refractivity contribution in [2.24, 2.45) is 11.7 Å². The second-order valence-electron chi connectivity index (χ2n) is 6.30. The van der Waals surface area contributed by atoms with Gasteiger partial charge in [-0.15, -0.1) is 0 Å². The lowest BCUT2D eigenvalue weighted by atomic mass is 9.99. The van der Waals surface area contributed by atoms with Crippen LogP contribution in [0.2, 0.25) is 0 Å². The molecular weight excluding hydrogens is 260 g/mol. The van der Waals surface area contributed by atoms with Crippen LogP contribution in [0.15, 0.2) is 36.4 Å². The predicted octanol–water partition coefficient (Wildman–Crippen LogP) is 3.28. The van der Waals surface area contributed by atoms with Gasteiger partial charge in [0.2, 0.25) is 0 Å². The van der Waals surface area contributed by atoms with Gasteiger partial charge in [-0.1, -0.05) is 36.4 Å². The summed E-state index contributed by atoms with van der Waals surface area (Å²) in [4.78, 5) is 2.43. The standard InChI is InChI=1S/C18H24N2O/c1-12(19)15-9-10-20(11-15)13(2)16-8-7-14-5-3-4-6-17(14)18(16)21/h3-8,12-13,15,21H,9-11,19H2,1-2H3. The summed E-state index contributed by atoms with van der Waals surface area (Å²) in [6, 6.07) is 12.6. The molecule has 0 aliphatic carbocycles. The van der Waals surface area contributed by atoms with Crippen molar-refractivity contribution in [3.05, 3.63) is 42.0 Å². The maximum absolute atomic E-state index is 10.6. The number of likely N-dealkylation sites (tertiary alicyclic amines) is 1. The zero-order valence-electron chi connectivity index (χ0n) is 12.8. The monoisotopic (exact) mass is 284 g/mol. The summed E-state index contributed by atoms with van der Waals surface area (Å²) in [6.07, 6.45) is 1.15. The molecule has 0 saturated carbocycles. The topological polar surface area (TPSA) is 49.5 Å². The van der Waals surface area contributed by atoms with Gasteiger partial charge in [0.15, 0.2) is 0 Å². The highest BCUT2D eigenvalue weighted by molar-refractivity contribution is 5.89. The zero-order valence-corrected chi connectivity index (χ0v) is 12.8. The molecule has 0 aromatic heterocycles. The van der Waals surface area contributed by atoms with Gasteiger partial charge < -0.3 is 10.8 Å². The van der Waals surface area contributed by atoms with Crippen LogP contribution in [0, 0.1) is 5.92 Å². The van der Waals surface area contributed by atoms with E-state index in [2.05, 4.69) is 30.9 Å². The summed E-state index contributed by atoms with van der Waals surface area (Å²) in [5, 5.41) is 12.6.